The molecule has 1 heterocycles. The van der Waals surface area contributed by atoms with Crippen LogP contribution in [0.1, 0.15) is 12.0 Å². The number of amides is 1. The number of nitrogens with zero attached hydrogens (tertiary/aromatic N) is 1. The summed E-state index contributed by atoms with van der Waals surface area (Å²) in [7, 11) is 2.96. The monoisotopic (exact) mass is 289 g/mol. The van der Waals surface area contributed by atoms with Gasteiger partial charge in [0, 0.05) is 24.7 Å². The molecule has 0 N–H and O–H groups in total. The van der Waals surface area contributed by atoms with Gasteiger partial charge in [-0.2, -0.15) is 0 Å². The van der Waals surface area contributed by atoms with E-state index in [1.54, 1.807) is 18.1 Å². The van der Waals surface area contributed by atoms with Gasteiger partial charge < -0.3 is 14.4 Å². The third kappa shape index (κ3) is 3.62. The maximum Gasteiger partial charge on any atom is 0.310 e. The summed E-state index contributed by atoms with van der Waals surface area (Å²) in [4.78, 5) is 25.2. The minimum atomic E-state index is -0.251. The zero-order valence-corrected chi connectivity index (χ0v) is 12.2. The number of likely N-dealkylation sites (tertiary alicyclic amines) is 1. The van der Waals surface area contributed by atoms with Crippen molar-refractivity contribution in [2.75, 3.05) is 27.3 Å². The fourth-order valence-electron chi connectivity index (χ4n) is 2.39. The van der Waals surface area contributed by atoms with Gasteiger partial charge in [-0.15, -0.1) is 0 Å². The largest absolute Gasteiger partial charge is 0.496 e. The average Bonchev–Trinajstić information content (AvgIpc) is 3.02. The lowest BCUT2D eigenvalue weighted by molar-refractivity contribution is -0.145. The first kappa shape index (κ1) is 15.1. The van der Waals surface area contributed by atoms with E-state index in [0.717, 1.165) is 11.3 Å². The van der Waals surface area contributed by atoms with E-state index < -0.39 is 0 Å². The third-order valence-electron chi connectivity index (χ3n) is 3.58. The number of hydrogen-bond acceptors (Lipinski definition) is 4. The Labute approximate surface area is 124 Å². The topological polar surface area (TPSA) is 55.8 Å². The van der Waals surface area contributed by atoms with Crippen molar-refractivity contribution in [1.29, 1.82) is 0 Å². The molecular weight excluding hydrogens is 270 g/mol. The minimum Gasteiger partial charge on any atom is -0.496 e. The van der Waals surface area contributed by atoms with Gasteiger partial charge in [0.15, 0.2) is 0 Å². The molecule has 1 aliphatic heterocycles. The maximum absolute atomic E-state index is 12.1. The van der Waals surface area contributed by atoms with E-state index in [0.29, 0.717) is 19.5 Å². The van der Waals surface area contributed by atoms with Crippen molar-refractivity contribution in [3.8, 4) is 5.75 Å². The fourth-order valence-corrected chi connectivity index (χ4v) is 2.39. The second-order valence-corrected chi connectivity index (χ2v) is 4.87. The molecule has 1 aromatic carbocycles. The summed E-state index contributed by atoms with van der Waals surface area (Å²) >= 11 is 0. The molecule has 5 nitrogen and oxygen atoms in total. The molecule has 112 valence electrons. The molecule has 1 amide bonds. The summed E-state index contributed by atoms with van der Waals surface area (Å²) < 4.78 is 9.94. The van der Waals surface area contributed by atoms with E-state index >= 15 is 0 Å². The average molecular weight is 289 g/mol. The minimum absolute atomic E-state index is 0.104. The van der Waals surface area contributed by atoms with E-state index in [1.807, 2.05) is 24.3 Å². The molecule has 1 atom stereocenters. The number of ether oxygens (including phenoxy) is 2. The van der Waals surface area contributed by atoms with Crippen LogP contribution in [0.4, 0.5) is 0 Å². The number of hydrogen-bond donors (Lipinski definition) is 0. The smallest absolute Gasteiger partial charge is 0.310 e. The molecule has 1 aliphatic rings. The molecule has 1 fully saturated rings. The van der Waals surface area contributed by atoms with Crippen molar-refractivity contribution in [3.05, 3.63) is 35.9 Å². The number of methoxy groups -OCH3 is 2. The Kier molecular flexibility index (Phi) is 4.98. The van der Waals surface area contributed by atoms with Crippen LogP contribution in [0.3, 0.4) is 0 Å². The van der Waals surface area contributed by atoms with Gasteiger partial charge >= 0.3 is 5.97 Å². The lowest BCUT2D eigenvalue weighted by atomic mass is 10.1. The number of para-hydroxylation sites is 1. The van der Waals surface area contributed by atoms with Crippen LogP contribution in [-0.2, 0) is 14.3 Å². The molecule has 21 heavy (non-hydrogen) atoms. The van der Waals surface area contributed by atoms with Gasteiger partial charge in [-0.25, -0.2) is 0 Å². The van der Waals surface area contributed by atoms with Gasteiger partial charge in [-0.3, -0.25) is 9.59 Å². The molecular formula is C16H19NO4. The lowest BCUT2D eigenvalue weighted by Gasteiger charge is -2.13. The Morgan fingerprint density at radius 3 is 2.76 bits per heavy atom. The van der Waals surface area contributed by atoms with E-state index in [-0.39, 0.29) is 17.8 Å². The summed E-state index contributed by atoms with van der Waals surface area (Å²) in [6.45, 7) is 0.997. The van der Waals surface area contributed by atoms with Gasteiger partial charge in [-0.1, -0.05) is 18.2 Å². The first-order valence-electron chi connectivity index (χ1n) is 6.83. The highest BCUT2D eigenvalue weighted by Gasteiger charge is 2.30. The van der Waals surface area contributed by atoms with E-state index in [4.69, 9.17) is 9.47 Å². The number of esters is 1. The Balaban J connectivity index is 1.99. The van der Waals surface area contributed by atoms with E-state index in [9.17, 15) is 9.59 Å². The number of carbonyl (C=O) groups excluding carboxylic acids is 2. The van der Waals surface area contributed by atoms with Crippen LogP contribution < -0.4 is 4.74 Å². The van der Waals surface area contributed by atoms with Crippen LogP contribution in [0, 0.1) is 5.92 Å². The van der Waals surface area contributed by atoms with Crippen LogP contribution in [0.5, 0.6) is 5.75 Å². The highest BCUT2D eigenvalue weighted by molar-refractivity contribution is 5.92. The SMILES string of the molecule is COC(=O)C1CCN(C(=O)/C=C/c2ccccc2OC)C1. The Morgan fingerprint density at radius 1 is 1.29 bits per heavy atom. The zero-order chi connectivity index (χ0) is 15.2. The van der Waals surface area contributed by atoms with Crippen LogP contribution in [0.2, 0.25) is 0 Å². The van der Waals surface area contributed by atoms with E-state index in [2.05, 4.69) is 0 Å². The highest BCUT2D eigenvalue weighted by atomic mass is 16.5. The first-order chi connectivity index (χ1) is 10.2. The molecule has 0 bridgehead atoms. The van der Waals surface area contributed by atoms with Gasteiger partial charge in [-0.05, 0) is 18.6 Å². The van der Waals surface area contributed by atoms with Crippen molar-refractivity contribution in [2.45, 2.75) is 6.42 Å². The molecule has 0 saturated carbocycles. The zero-order valence-electron chi connectivity index (χ0n) is 12.2. The summed E-state index contributed by atoms with van der Waals surface area (Å²) in [5.41, 5.74) is 0.845. The van der Waals surface area contributed by atoms with Crippen molar-refractivity contribution < 1.29 is 19.1 Å². The van der Waals surface area contributed by atoms with Gasteiger partial charge in [0.05, 0.1) is 20.1 Å². The molecule has 0 spiro atoms. The van der Waals surface area contributed by atoms with Crippen molar-refractivity contribution in [3.63, 3.8) is 0 Å². The Morgan fingerprint density at radius 2 is 2.05 bits per heavy atom. The molecule has 5 heteroatoms. The Bertz CT molecular complexity index is 553. The maximum atomic E-state index is 12.1. The standard InChI is InChI=1S/C16H19NO4/c1-20-14-6-4-3-5-12(14)7-8-15(18)17-10-9-13(11-17)16(19)21-2/h3-8,13H,9-11H2,1-2H3/b8-7+. The summed E-state index contributed by atoms with van der Waals surface area (Å²) in [5, 5.41) is 0. The summed E-state index contributed by atoms with van der Waals surface area (Å²) in [6, 6.07) is 7.48. The van der Waals surface area contributed by atoms with Gasteiger partial charge in [0.25, 0.3) is 0 Å². The van der Waals surface area contributed by atoms with Crippen LogP contribution in [0.15, 0.2) is 30.3 Å². The molecule has 1 saturated heterocycles. The van der Waals surface area contributed by atoms with Gasteiger partial charge in [0.2, 0.25) is 5.91 Å². The summed E-state index contributed by atoms with van der Waals surface area (Å²) in [6.07, 6.45) is 3.89. The molecule has 0 aromatic heterocycles. The van der Waals surface area contributed by atoms with Crippen LogP contribution in [-0.4, -0.2) is 44.1 Å². The van der Waals surface area contributed by atoms with Crippen LogP contribution in [0.25, 0.3) is 6.08 Å². The molecule has 2 rings (SSSR count). The van der Waals surface area contributed by atoms with Crippen molar-refractivity contribution in [2.24, 2.45) is 5.92 Å². The number of rotatable bonds is 4. The summed E-state index contributed by atoms with van der Waals surface area (Å²) in [5.74, 6) is 0.153. The second kappa shape index (κ2) is 6.92. The predicted molar refractivity (Wildman–Crippen MR) is 78.7 cm³/mol. The molecule has 1 unspecified atom stereocenters. The Hall–Kier alpha value is -2.30. The fraction of sp³-hybridized carbons (Fsp3) is 0.375. The lowest BCUT2D eigenvalue weighted by Crippen LogP contribution is -2.28. The number of carbonyl (C=O) groups is 2. The predicted octanol–water partition coefficient (Wildman–Crippen LogP) is 1.73. The highest BCUT2D eigenvalue weighted by Crippen LogP contribution is 2.20. The number of benzene rings is 1. The molecule has 1 aromatic rings. The quantitative estimate of drug-likeness (QED) is 0.626. The second-order valence-electron chi connectivity index (χ2n) is 4.87. The van der Waals surface area contributed by atoms with E-state index in [1.165, 1.54) is 13.2 Å². The third-order valence-corrected chi connectivity index (χ3v) is 3.58. The molecule has 0 aliphatic carbocycles. The van der Waals surface area contributed by atoms with Crippen molar-refractivity contribution in [1.82, 2.24) is 4.90 Å². The van der Waals surface area contributed by atoms with Gasteiger partial charge in [0.1, 0.15) is 5.75 Å². The molecule has 0 radical (unpaired) electrons. The van der Waals surface area contributed by atoms with Crippen molar-refractivity contribution >= 4 is 18.0 Å². The first-order valence-corrected chi connectivity index (χ1v) is 6.83. The van der Waals surface area contributed by atoms with Crippen LogP contribution >= 0.6 is 0 Å². The normalized spacial score (nSPS) is 18.0.